The van der Waals surface area contributed by atoms with Gasteiger partial charge in [-0.3, -0.25) is 9.69 Å². The summed E-state index contributed by atoms with van der Waals surface area (Å²) in [4.78, 5) is 17.6. The van der Waals surface area contributed by atoms with Gasteiger partial charge in [-0.15, -0.1) is 0 Å². The summed E-state index contributed by atoms with van der Waals surface area (Å²) in [5, 5.41) is 11.1. The van der Waals surface area contributed by atoms with Gasteiger partial charge >= 0.3 is 12.4 Å². The molecule has 2 heterocycles. The van der Waals surface area contributed by atoms with Gasteiger partial charge in [-0.25, -0.2) is 0 Å². The third-order valence-electron chi connectivity index (χ3n) is 6.36. The first-order chi connectivity index (χ1) is 16.3. The quantitative estimate of drug-likeness (QED) is 0.609. The van der Waals surface area contributed by atoms with E-state index in [1.807, 2.05) is 4.90 Å². The molecule has 0 spiro atoms. The molecule has 2 aliphatic rings. The largest absolute Gasteiger partial charge is 0.416 e. The van der Waals surface area contributed by atoms with Gasteiger partial charge in [0.25, 0.3) is 5.91 Å². The zero-order valence-corrected chi connectivity index (χ0v) is 19.0. The Kier molecular flexibility index (Phi) is 6.96. The number of anilines is 1. The van der Waals surface area contributed by atoms with Crippen LogP contribution < -0.4 is 4.90 Å². The van der Waals surface area contributed by atoms with Crippen LogP contribution in [0.1, 0.15) is 21.5 Å². The van der Waals surface area contributed by atoms with Gasteiger partial charge in [0.2, 0.25) is 0 Å². The molecular formula is C23H22ClF6N3O2. The first-order valence-electron chi connectivity index (χ1n) is 10.8. The summed E-state index contributed by atoms with van der Waals surface area (Å²) in [6, 6.07) is 7.43. The predicted octanol–water partition coefficient (Wildman–Crippen LogP) is 4.39. The number of rotatable bonds is 3. The molecule has 12 heteroatoms. The number of hydrogen-bond donors (Lipinski definition) is 1. The van der Waals surface area contributed by atoms with E-state index >= 15 is 0 Å². The third-order valence-corrected chi connectivity index (χ3v) is 6.61. The highest BCUT2D eigenvalue weighted by Gasteiger charge is 2.41. The number of nitrogens with zero attached hydrogens (tertiary/aromatic N) is 3. The Bertz CT molecular complexity index is 1040. The molecule has 2 aliphatic heterocycles. The Morgan fingerprint density at radius 2 is 1.40 bits per heavy atom. The SMILES string of the molecule is O=C(c1ccc(Cl)cc1)N1CCN([C@@H]2CN(c3cc(C(F)(F)F)cc(C(F)(F)F)c3)C[C@H]2O)CC1. The minimum Gasteiger partial charge on any atom is -0.390 e. The fourth-order valence-corrected chi connectivity index (χ4v) is 4.62. The number of aliphatic hydroxyl groups excluding tert-OH is 1. The molecule has 0 radical (unpaired) electrons. The van der Waals surface area contributed by atoms with Gasteiger partial charge < -0.3 is 14.9 Å². The molecular weight excluding hydrogens is 500 g/mol. The van der Waals surface area contributed by atoms with Crippen molar-refractivity contribution in [2.75, 3.05) is 44.2 Å². The van der Waals surface area contributed by atoms with E-state index in [1.165, 1.54) is 4.90 Å². The summed E-state index contributed by atoms with van der Waals surface area (Å²) in [6.45, 7) is 1.51. The minimum absolute atomic E-state index is 0.0604. The van der Waals surface area contributed by atoms with Crippen LogP contribution in [0.2, 0.25) is 5.02 Å². The monoisotopic (exact) mass is 521 g/mol. The number of halogens is 7. The maximum atomic E-state index is 13.2. The summed E-state index contributed by atoms with van der Waals surface area (Å²) >= 11 is 5.85. The van der Waals surface area contributed by atoms with Crippen LogP contribution in [0.5, 0.6) is 0 Å². The fraction of sp³-hybridized carbons (Fsp3) is 0.435. The number of β-amino-alcohol motifs (C(OH)–C–C–N with tert-alkyl or cyclic N) is 1. The van der Waals surface area contributed by atoms with Crippen LogP contribution in [0.4, 0.5) is 32.0 Å². The summed E-state index contributed by atoms with van der Waals surface area (Å²) in [5.74, 6) is -0.168. The van der Waals surface area contributed by atoms with Crippen LogP contribution in [0, 0.1) is 0 Å². The fourth-order valence-electron chi connectivity index (χ4n) is 4.49. The Morgan fingerprint density at radius 3 is 1.91 bits per heavy atom. The summed E-state index contributed by atoms with van der Waals surface area (Å²) in [7, 11) is 0. The van der Waals surface area contributed by atoms with Crippen molar-refractivity contribution in [2.24, 2.45) is 0 Å². The van der Waals surface area contributed by atoms with Crippen LogP contribution in [0.25, 0.3) is 0 Å². The smallest absolute Gasteiger partial charge is 0.390 e. The third kappa shape index (κ3) is 5.68. The van der Waals surface area contributed by atoms with Crippen molar-refractivity contribution in [1.82, 2.24) is 9.80 Å². The van der Waals surface area contributed by atoms with E-state index in [0.717, 1.165) is 0 Å². The standard InChI is InChI=1S/C23H22ClF6N3O2/c24-17-3-1-14(2-4-17)21(35)32-7-5-31(6-8-32)19-12-33(13-20(19)34)18-10-15(22(25,26)27)9-16(11-18)23(28,29)30/h1-4,9-11,19-20,34H,5-8,12-13H2/t19-,20-/m1/s1. The lowest BCUT2D eigenvalue weighted by atomic mass is 10.1. The maximum absolute atomic E-state index is 13.2. The Balaban J connectivity index is 1.45. The van der Waals surface area contributed by atoms with Crippen LogP contribution >= 0.6 is 11.6 Å². The number of amides is 1. The molecule has 2 atom stereocenters. The van der Waals surface area contributed by atoms with Gasteiger partial charge in [0, 0.05) is 55.5 Å². The molecule has 35 heavy (non-hydrogen) atoms. The van der Waals surface area contributed by atoms with Gasteiger partial charge in [0.15, 0.2) is 0 Å². The number of benzene rings is 2. The van der Waals surface area contributed by atoms with Crippen molar-refractivity contribution in [3.05, 3.63) is 64.2 Å². The average molecular weight is 522 g/mol. The lowest BCUT2D eigenvalue weighted by molar-refractivity contribution is -0.143. The number of carbonyl (C=O) groups excluding carboxylic acids is 1. The highest BCUT2D eigenvalue weighted by Crippen LogP contribution is 2.39. The van der Waals surface area contributed by atoms with Gasteiger partial charge in [-0.2, -0.15) is 26.3 Å². The lowest BCUT2D eigenvalue weighted by Crippen LogP contribution is -2.54. The zero-order chi connectivity index (χ0) is 25.5. The topological polar surface area (TPSA) is 47.0 Å². The van der Waals surface area contributed by atoms with Gasteiger partial charge in [-0.05, 0) is 42.5 Å². The summed E-state index contributed by atoms with van der Waals surface area (Å²) in [5.41, 5.74) is -2.55. The average Bonchev–Trinajstić information content (AvgIpc) is 3.19. The van der Waals surface area contributed by atoms with E-state index in [2.05, 4.69) is 0 Å². The molecule has 2 aromatic rings. The van der Waals surface area contributed by atoms with Gasteiger partial charge in [0.05, 0.1) is 23.3 Å². The van der Waals surface area contributed by atoms with Crippen molar-refractivity contribution in [3.63, 3.8) is 0 Å². The molecule has 2 aromatic carbocycles. The Hall–Kier alpha value is -2.50. The van der Waals surface area contributed by atoms with Crippen molar-refractivity contribution in [3.8, 4) is 0 Å². The van der Waals surface area contributed by atoms with E-state index in [1.54, 1.807) is 29.2 Å². The molecule has 2 fully saturated rings. The first-order valence-corrected chi connectivity index (χ1v) is 11.2. The molecule has 0 aromatic heterocycles. The van der Waals surface area contributed by atoms with Crippen molar-refractivity contribution in [1.29, 1.82) is 0 Å². The molecule has 2 saturated heterocycles. The van der Waals surface area contributed by atoms with Crippen molar-refractivity contribution >= 4 is 23.2 Å². The maximum Gasteiger partial charge on any atom is 0.416 e. The Labute approximate surface area is 202 Å². The number of piperazine rings is 1. The second-order valence-corrected chi connectivity index (χ2v) is 9.08. The number of aliphatic hydroxyl groups is 1. The summed E-state index contributed by atoms with van der Waals surface area (Å²) in [6.07, 6.45) is -10.9. The minimum atomic E-state index is -4.94. The Morgan fingerprint density at radius 1 is 0.857 bits per heavy atom. The highest BCUT2D eigenvalue weighted by atomic mass is 35.5. The summed E-state index contributed by atoms with van der Waals surface area (Å²) < 4.78 is 79.4. The molecule has 5 nitrogen and oxygen atoms in total. The molecule has 190 valence electrons. The second kappa shape index (κ2) is 9.51. The molecule has 4 rings (SSSR count). The predicted molar refractivity (Wildman–Crippen MR) is 117 cm³/mol. The van der Waals surface area contributed by atoms with Crippen LogP contribution in [0.15, 0.2) is 42.5 Å². The molecule has 0 bridgehead atoms. The van der Waals surface area contributed by atoms with Crippen LogP contribution in [0.3, 0.4) is 0 Å². The molecule has 0 unspecified atom stereocenters. The molecule has 0 aliphatic carbocycles. The highest BCUT2D eigenvalue weighted by molar-refractivity contribution is 6.30. The molecule has 1 amide bonds. The number of hydrogen-bond acceptors (Lipinski definition) is 4. The van der Waals surface area contributed by atoms with Crippen molar-refractivity contribution < 1.29 is 36.2 Å². The zero-order valence-electron chi connectivity index (χ0n) is 18.3. The second-order valence-electron chi connectivity index (χ2n) is 8.64. The van der Waals surface area contributed by atoms with Gasteiger partial charge in [-0.1, -0.05) is 11.6 Å². The first kappa shape index (κ1) is 25.6. The van der Waals surface area contributed by atoms with Crippen LogP contribution in [-0.2, 0) is 12.4 Å². The van der Waals surface area contributed by atoms with E-state index in [-0.39, 0.29) is 30.8 Å². The number of carbonyl (C=O) groups is 1. The van der Waals surface area contributed by atoms with E-state index < -0.39 is 35.6 Å². The van der Waals surface area contributed by atoms with E-state index in [0.29, 0.717) is 48.9 Å². The van der Waals surface area contributed by atoms with Gasteiger partial charge in [0.1, 0.15) is 0 Å². The molecule has 1 N–H and O–H groups in total. The number of alkyl halides is 6. The van der Waals surface area contributed by atoms with Crippen molar-refractivity contribution in [2.45, 2.75) is 24.5 Å². The van der Waals surface area contributed by atoms with Crippen LogP contribution in [-0.4, -0.2) is 72.2 Å². The van der Waals surface area contributed by atoms with E-state index in [9.17, 15) is 36.2 Å². The molecule has 0 saturated carbocycles. The lowest BCUT2D eigenvalue weighted by Gasteiger charge is -2.38. The normalized spacial score (nSPS) is 22.1. The van der Waals surface area contributed by atoms with E-state index in [4.69, 9.17) is 11.6 Å².